The van der Waals surface area contributed by atoms with Crippen molar-refractivity contribution >= 4 is 33.2 Å². The number of hydrogen-bond acceptors (Lipinski definition) is 2. The maximum atomic E-state index is 5.97. The Kier molecular flexibility index (Phi) is 4.11. The highest BCUT2D eigenvalue weighted by Crippen LogP contribution is 2.29. The summed E-state index contributed by atoms with van der Waals surface area (Å²) in [4.78, 5) is 2.35. The van der Waals surface area contributed by atoms with Gasteiger partial charge in [0, 0.05) is 36.2 Å². The molecule has 4 heteroatoms. The van der Waals surface area contributed by atoms with Crippen LogP contribution in [0.4, 0.5) is 5.69 Å². The number of anilines is 1. The normalized spacial score (nSPS) is 20.4. The van der Waals surface area contributed by atoms with Gasteiger partial charge < -0.3 is 9.64 Å². The average Bonchev–Trinajstić information content (AvgIpc) is 2.77. The van der Waals surface area contributed by atoms with Gasteiger partial charge in [0.1, 0.15) is 0 Å². The molecule has 0 N–H and O–H groups in total. The zero-order valence-corrected chi connectivity index (χ0v) is 11.6. The summed E-state index contributed by atoms with van der Waals surface area (Å²) in [5.41, 5.74) is 2.41. The number of nitrogens with zero attached hydrogens (tertiary/aromatic N) is 1. The fourth-order valence-corrected chi connectivity index (χ4v) is 2.73. The lowest BCUT2D eigenvalue weighted by molar-refractivity contribution is 0.121. The fraction of sp³-hybridized carbons (Fsp3) is 0.500. The molecular weight excluding hydrogens is 289 g/mol. The molecule has 1 heterocycles. The maximum Gasteiger partial charge on any atom is 0.0762 e. The van der Waals surface area contributed by atoms with Gasteiger partial charge in [-0.2, -0.15) is 0 Å². The first-order valence-corrected chi connectivity index (χ1v) is 6.69. The molecule has 0 aromatic heterocycles. The molecule has 1 aliphatic rings. The lowest BCUT2D eigenvalue weighted by Crippen LogP contribution is -2.23. The van der Waals surface area contributed by atoms with Crippen molar-refractivity contribution in [3.8, 4) is 0 Å². The van der Waals surface area contributed by atoms with E-state index < -0.39 is 0 Å². The van der Waals surface area contributed by atoms with E-state index in [1.807, 2.05) is 0 Å². The van der Waals surface area contributed by atoms with Gasteiger partial charge in [-0.15, -0.1) is 11.6 Å². The Morgan fingerprint density at radius 1 is 1.56 bits per heavy atom. The molecule has 88 valence electrons. The van der Waals surface area contributed by atoms with E-state index in [-0.39, 0.29) is 0 Å². The zero-order valence-electron chi connectivity index (χ0n) is 9.25. The van der Waals surface area contributed by atoms with Gasteiger partial charge in [-0.1, -0.05) is 15.9 Å². The third kappa shape index (κ3) is 2.53. The highest BCUT2D eigenvalue weighted by molar-refractivity contribution is 9.10. The predicted octanol–water partition coefficient (Wildman–Crippen LogP) is 3.41. The van der Waals surface area contributed by atoms with Crippen LogP contribution in [-0.2, 0) is 10.6 Å². The Morgan fingerprint density at radius 3 is 3.00 bits per heavy atom. The summed E-state index contributed by atoms with van der Waals surface area (Å²) in [5.74, 6) is 0.545. The number of hydrogen-bond donors (Lipinski definition) is 0. The maximum absolute atomic E-state index is 5.97. The lowest BCUT2D eigenvalue weighted by atomic mass is 10.2. The first-order chi connectivity index (χ1) is 7.74. The molecular formula is C12H15BrClNO. The molecule has 2 rings (SSSR count). The molecule has 0 radical (unpaired) electrons. The molecule has 1 fully saturated rings. The van der Waals surface area contributed by atoms with Gasteiger partial charge in [0.25, 0.3) is 0 Å². The first-order valence-electron chi connectivity index (χ1n) is 5.36. The number of rotatable bonds is 3. The van der Waals surface area contributed by atoms with Gasteiger partial charge in [-0.25, -0.2) is 0 Å². The molecule has 0 amide bonds. The van der Waals surface area contributed by atoms with E-state index >= 15 is 0 Å². The zero-order chi connectivity index (χ0) is 11.5. The Bertz CT molecular complexity index is 372. The van der Waals surface area contributed by atoms with Crippen molar-refractivity contribution in [2.45, 2.75) is 18.4 Å². The number of ether oxygens (including phenoxy) is 1. The van der Waals surface area contributed by atoms with Crippen LogP contribution in [0, 0.1) is 0 Å². The molecule has 1 aromatic rings. The largest absolute Gasteiger partial charge is 0.380 e. The van der Waals surface area contributed by atoms with E-state index in [1.165, 1.54) is 11.3 Å². The standard InChI is InChI=1S/C12H15BrClNO/c1-16-11-4-5-15(8-11)12-3-2-10(13)6-9(12)7-14/h2-3,6,11H,4-5,7-8H2,1H3. The molecule has 1 unspecified atom stereocenters. The van der Waals surface area contributed by atoms with Crippen LogP contribution in [0.25, 0.3) is 0 Å². The second-order valence-corrected chi connectivity index (χ2v) is 5.18. The Balaban J connectivity index is 2.20. The summed E-state index contributed by atoms with van der Waals surface area (Å²) < 4.78 is 6.45. The summed E-state index contributed by atoms with van der Waals surface area (Å²) in [6.07, 6.45) is 1.45. The fourth-order valence-electron chi connectivity index (χ4n) is 2.11. The average molecular weight is 305 g/mol. The Morgan fingerprint density at radius 2 is 2.38 bits per heavy atom. The molecule has 1 aromatic carbocycles. The number of methoxy groups -OCH3 is 1. The molecule has 1 saturated heterocycles. The van der Waals surface area contributed by atoms with Gasteiger partial charge in [0.15, 0.2) is 0 Å². The molecule has 0 aliphatic carbocycles. The van der Waals surface area contributed by atoms with E-state index in [1.54, 1.807) is 7.11 Å². The van der Waals surface area contributed by atoms with Crippen molar-refractivity contribution < 1.29 is 4.74 Å². The van der Waals surface area contributed by atoms with E-state index in [2.05, 4.69) is 39.0 Å². The molecule has 0 bridgehead atoms. The van der Waals surface area contributed by atoms with E-state index in [4.69, 9.17) is 16.3 Å². The smallest absolute Gasteiger partial charge is 0.0762 e. The van der Waals surface area contributed by atoms with Gasteiger partial charge >= 0.3 is 0 Å². The van der Waals surface area contributed by atoms with Gasteiger partial charge in [0.2, 0.25) is 0 Å². The second-order valence-electron chi connectivity index (χ2n) is 4.00. The van der Waals surface area contributed by atoms with Crippen LogP contribution >= 0.6 is 27.5 Å². The van der Waals surface area contributed by atoms with E-state index in [0.29, 0.717) is 12.0 Å². The van der Waals surface area contributed by atoms with Crippen LogP contribution < -0.4 is 4.90 Å². The minimum Gasteiger partial charge on any atom is -0.380 e. The number of benzene rings is 1. The third-order valence-corrected chi connectivity index (χ3v) is 3.79. The summed E-state index contributed by atoms with van der Waals surface area (Å²) in [6.45, 7) is 2.01. The van der Waals surface area contributed by atoms with Crippen molar-refractivity contribution in [3.05, 3.63) is 28.2 Å². The van der Waals surface area contributed by atoms with Crippen molar-refractivity contribution in [2.75, 3.05) is 25.1 Å². The summed E-state index contributed by atoms with van der Waals surface area (Å²) >= 11 is 9.44. The second kappa shape index (κ2) is 5.39. The molecule has 2 nitrogen and oxygen atoms in total. The minimum atomic E-state index is 0.354. The molecule has 16 heavy (non-hydrogen) atoms. The Labute approximate surface area is 110 Å². The quantitative estimate of drug-likeness (QED) is 0.794. The molecule has 1 aliphatic heterocycles. The third-order valence-electron chi connectivity index (χ3n) is 3.00. The Hall–Kier alpha value is -0.250. The van der Waals surface area contributed by atoms with Crippen molar-refractivity contribution in [2.24, 2.45) is 0 Å². The highest BCUT2D eigenvalue weighted by atomic mass is 79.9. The van der Waals surface area contributed by atoms with E-state index in [0.717, 1.165) is 24.0 Å². The van der Waals surface area contributed by atoms with Crippen LogP contribution in [0.1, 0.15) is 12.0 Å². The molecule has 0 saturated carbocycles. The van der Waals surface area contributed by atoms with Crippen molar-refractivity contribution in [3.63, 3.8) is 0 Å². The summed E-state index contributed by atoms with van der Waals surface area (Å²) in [5, 5.41) is 0. The van der Waals surface area contributed by atoms with Crippen LogP contribution in [0.2, 0.25) is 0 Å². The van der Waals surface area contributed by atoms with Crippen LogP contribution in [0.15, 0.2) is 22.7 Å². The minimum absolute atomic E-state index is 0.354. The van der Waals surface area contributed by atoms with Gasteiger partial charge in [0.05, 0.1) is 6.10 Å². The number of halogens is 2. The molecule has 0 spiro atoms. The lowest BCUT2D eigenvalue weighted by Gasteiger charge is -2.21. The van der Waals surface area contributed by atoms with Crippen LogP contribution in [-0.4, -0.2) is 26.3 Å². The topological polar surface area (TPSA) is 12.5 Å². The SMILES string of the molecule is COC1CCN(c2ccc(Br)cc2CCl)C1. The highest BCUT2D eigenvalue weighted by Gasteiger charge is 2.23. The van der Waals surface area contributed by atoms with Gasteiger partial charge in [-0.05, 0) is 30.2 Å². The van der Waals surface area contributed by atoms with Crippen LogP contribution in [0.3, 0.4) is 0 Å². The predicted molar refractivity (Wildman–Crippen MR) is 71.3 cm³/mol. The van der Waals surface area contributed by atoms with Crippen LogP contribution in [0.5, 0.6) is 0 Å². The monoisotopic (exact) mass is 303 g/mol. The molecule has 1 atom stereocenters. The van der Waals surface area contributed by atoms with Crippen molar-refractivity contribution in [1.82, 2.24) is 0 Å². The first kappa shape index (κ1) is 12.2. The summed E-state index contributed by atoms with van der Waals surface area (Å²) in [7, 11) is 1.78. The number of alkyl halides is 1. The van der Waals surface area contributed by atoms with Gasteiger partial charge in [-0.3, -0.25) is 0 Å². The summed E-state index contributed by atoms with van der Waals surface area (Å²) in [6, 6.07) is 6.27. The van der Waals surface area contributed by atoms with Crippen molar-refractivity contribution in [1.29, 1.82) is 0 Å². The van der Waals surface area contributed by atoms with E-state index in [9.17, 15) is 0 Å².